The lowest BCUT2D eigenvalue weighted by molar-refractivity contribution is 0.0700. The van der Waals surface area contributed by atoms with Crippen molar-refractivity contribution >= 4 is 11.7 Å². The summed E-state index contributed by atoms with van der Waals surface area (Å²) in [6, 6.07) is 1.49. The molecule has 0 fully saturated rings. The fourth-order valence-electron chi connectivity index (χ4n) is 1.35. The number of aromatic nitrogens is 1. The smallest absolute Gasteiger partial charge is 0.276 e. The zero-order chi connectivity index (χ0) is 12.8. The highest BCUT2D eigenvalue weighted by Crippen LogP contribution is 2.07. The Kier molecular flexibility index (Phi) is 4.50. The highest BCUT2D eigenvalue weighted by atomic mass is 16.5. The third-order valence-corrected chi connectivity index (χ3v) is 2.28. The van der Waals surface area contributed by atoms with Gasteiger partial charge in [-0.1, -0.05) is 10.3 Å². The zero-order valence-electron chi connectivity index (χ0n) is 9.83. The van der Waals surface area contributed by atoms with Gasteiger partial charge in [-0.3, -0.25) is 4.79 Å². The van der Waals surface area contributed by atoms with E-state index in [0.29, 0.717) is 13.0 Å². The summed E-state index contributed by atoms with van der Waals surface area (Å²) in [6.07, 6.45) is 1.65. The highest BCUT2D eigenvalue weighted by molar-refractivity contribution is 5.92. The van der Waals surface area contributed by atoms with Gasteiger partial charge >= 0.3 is 0 Å². The van der Waals surface area contributed by atoms with Gasteiger partial charge in [0.2, 0.25) is 0 Å². The van der Waals surface area contributed by atoms with Crippen LogP contribution in [0.2, 0.25) is 0 Å². The van der Waals surface area contributed by atoms with Crippen LogP contribution in [0, 0.1) is 0 Å². The summed E-state index contributed by atoms with van der Waals surface area (Å²) in [7, 11) is 0. The van der Waals surface area contributed by atoms with Crippen LogP contribution in [-0.2, 0) is 0 Å². The molecule has 1 rings (SSSR count). The van der Waals surface area contributed by atoms with Gasteiger partial charge in [-0.05, 0) is 13.8 Å². The van der Waals surface area contributed by atoms with Crippen LogP contribution in [0.25, 0.3) is 0 Å². The van der Waals surface area contributed by atoms with E-state index in [9.17, 15) is 4.79 Å². The lowest BCUT2D eigenvalue weighted by Gasteiger charge is -2.25. The topological polar surface area (TPSA) is 105 Å². The van der Waals surface area contributed by atoms with Crippen molar-refractivity contribution in [2.75, 3.05) is 6.54 Å². The number of carbonyl (C=O) groups excluding carboxylic acids is 1. The molecular weight excluding hydrogens is 224 g/mol. The number of oxime groups is 1. The largest absolute Gasteiger partial charge is 0.409 e. The molecule has 17 heavy (non-hydrogen) atoms. The lowest BCUT2D eigenvalue weighted by atomic mass is 10.2. The van der Waals surface area contributed by atoms with Gasteiger partial charge in [0.05, 0.1) is 0 Å². The first-order valence-electron chi connectivity index (χ1n) is 5.24. The maximum Gasteiger partial charge on any atom is 0.276 e. The van der Waals surface area contributed by atoms with E-state index in [1.807, 2.05) is 13.8 Å². The lowest BCUT2D eigenvalue weighted by Crippen LogP contribution is -2.39. The molecule has 0 aliphatic heterocycles. The van der Waals surface area contributed by atoms with E-state index in [1.165, 1.54) is 12.3 Å². The molecule has 0 radical (unpaired) electrons. The van der Waals surface area contributed by atoms with Crippen LogP contribution < -0.4 is 5.73 Å². The van der Waals surface area contributed by atoms with Crippen LogP contribution >= 0.6 is 0 Å². The standard InChI is InChI=1S/C10H16N4O3/c1-7(2)14(5-3-9(11)12-16)10(15)8-4-6-17-13-8/h4,6-7,16H,3,5H2,1-2H3,(H2,11,12). The van der Waals surface area contributed by atoms with Crippen molar-refractivity contribution < 1.29 is 14.5 Å². The molecule has 0 saturated heterocycles. The summed E-state index contributed by atoms with van der Waals surface area (Å²) < 4.78 is 4.63. The maximum atomic E-state index is 12.0. The van der Waals surface area contributed by atoms with E-state index in [-0.39, 0.29) is 23.5 Å². The number of nitrogens with two attached hydrogens (primary N) is 1. The number of amidine groups is 1. The molecule has 7 heteroatoms. The first-order chi connectivity index (χ1) is 8.06. The first-order valence-corrected chi connectivity index (χ1v) is 5.24. The third kappa shape index (κ3) is 3.47. The van der Waals surface area contributed by atoms with Gasteiger partial charge in [0.25, 0.3) is 5.91 Å². The minimum atomic E-state index is -0.237. The summed E-state index contributed by atoms with van der Waals surface area (Å²) >= 11 is 0. The van der Waals surface area contributed by atoms with Crippen LogP contribution in [0.4, 0.5) is 0 Å². The normalized spacial score (nSPS) is 11.8. The molecular formula is C10H16N4O3. The van der Waals surface area contributed by atoms with Crippen molar-refractivity contribution in [3.05, 3.63) is 18.0 Å². The minimum Gasteiger partial charge on any atom is -0.409 e. The van der Waals surface area contributed by atoms with E-state index >= 15 is 0 Å². The average molecular weight is 240 g/mol. The Bertz CT molecular complexity index is 386. The van der Waals surface area contributed by atoms with Crippen molar-refractivity contribution in [1.29, 1.82) is 0 Å². The molecule has 1 aromatic rings. The summed E-state index contributed by atoms with van der Waals surface area (Å²) in [5, 5.41) is 14.9. The average Bonchev–Trinajstić information content (AvgIpc) is 2.81. The molecule has 7 nitrogen and oxygen atoms in total. The van der Waals surface area contributed by atoms with E-state index in [2.05, 4.69) is 14.8 Å². The SMILES string of the molecule is CC(C)N(CCC(N)=NO)C(=O)c1ccon1. The summed E-state index contributed by atoms with van der Waals surface area (Å²) in [5.41, 5.74) is 5.62. The van der Waals surface area contributed by atoms with Crippen molar-refractivity contribution in [2.45, 2.75) is 26.3 Å². The fraction of sp³-hybridized carbons (Fsp3) is 0.500. The van der Waals surface area contributed by atoms with E-state index in [0.717, 1.165) is 0 Å². The maximum absolute atomic E-state index is 12.0. The Labute approximate surface area is 98.9 Å². The molecule has 0 aliphatic carbocycles. The second-order valence-corrected chi connectivity index (χ2v) is 3.82. The molecule has 1 aromatic heterocycles. The monoisotopic (exact) mass is 240 g/mol. The molecule has 1 heterocycles. The molecule has 0 bridgehead atoms. The number of nitrogens with zero attached hydrogens (tertiary/aromatic N) is 3. The van der Waals surface area contributed by atoms with Crippen molar-refractivity contribution in [1.82, 2.24) is 10.1 Å². The Morgan fingerprint density at radius 2 is 2.41 bits per heavy atom. The highest BCUT2D eigenvalue weighted by Gasteiger charge is 2.20. The van der Waals surface area contributed by atoms with Crippen molar-refractivity contribution in [2.24, 2.45) is 10.9 Å². The van der Waals surface area contributed by atoms with Crippen molar-refractivity contribution in [3.8, 4) is 0 Å². The number of hydrogen-bond donors (Lipinski definition) is 2. The minimum absolute atomic E-state index is 0.00862. The van der Waals surface area contributed by atoms with E-state index in [4.69, 9.17) is 10.9 Å². The Balaban J connectivity index is 2.70. The van der Waals surface area contributed by atoms with Gasteiger partial charge in [-0.25, -0.2) is 0 Å². The van der Waals surface area contributed by atoms with Crippen LogP contribution in [-0.4, -0.2) is 39.6 Å². The third-order valence-electron chi connectivity index (χ3n) is 2.28. The molecule has 0 atom stereocenters. The first kappa shape index (κ1) is 13.0. The zero-order valence-corrected chi connectivity index (χ0v) is 9.83. The summed E-state index contributed by atoms with van der Waals surface area (Å²) in [5.74, 6) is -0.150. The van der Waals surface area contributed by atoms with Crippen LogP contribution in [0.3, 0.4) is 0 Å². The van der Waals surface area contributed by atoms with Crippen LogP contribution in [0.15, 0.2) is 22.0 Å². The molecule has 0 spiro atoms. The van der Waals surface area contributed by atoms with Crippen LogP contribution in [0.1, 0.15) is 30.8 Å². The summed E-state index contributed by atoms with van der Waals surface area (Å²) in [4.78, 5) is 13.6. The Hall–Kier alpha value is -2.05. The second-order valence-electron chi connectivity index (χ2n) is 3.82. The van der Waals surface area contributed by atoms with Gasteiger partial charge in [0.1, 0.15) is 12.1 Å². The number of hydrogen-bond acceptors (Lipinski definition) is 5. The Morgan fingerprint density at radius 1 is 1.71 bits per heavy atom. The predicted octanol–water partition coefficient (Wildman–Crippen LogP) is 0.662. The second kappa shape index (κ2) is 5.88. The summed E-state index contributed by atoms with van der Waals surface area (Å²) in [6.45, 7) is 4.12. The quantitative estimate of drug-likeness (QED) is 0.340. The van der Waals surface area contributed by atoms with Gasteiger partial charge in [-0.15, -0.1) is 0 Å². The molecule has 0 saturated carbocycles. The molecule has 0 aromatic carbocycles. The molecule has 94 valence electrons. The van der Waals surface area contributed by atoms with E-state index in [1.54, 1.807) is 4.90 Å². The predicted molar refractivity (Wildman–Crippen MR) is 60.7 cm³/mol. The van der Waals surface area contributed by atoms with Crippen molar-refractivity contribution in [3.63, 3.8) is 0 Å². The van der Waals surface area contributed by atoms with Gasteiger partial charge < -0.3 is 20.4 Å². The van der Waals surface area contributed by atoms with Gasteiger partial charge in [0, 0.05) is 25.1 Å². The molecule has 3 N–H and O–H groups in total. The van der Waals surface area contributed by atoms with E-state index < -0.39 is 0 Å². The fourth-order valence-corrected chi connectivity index (χ4v) is 1.35. The van der Waals surface area contributed by atoms with Gasteiger partial charge in [0.15, 0.2) is 5.69 Å². The number of carbonyl (C=O) groups is 1. The van der Waals surface area contributed by atoms with Crippen LogP contribution in [0.5, 0.6) is 0 Å². The van der Waals surface area contributed by atoms with Gasteiger partial charge in [-0.2, -0.15) is 0 Å². The molecule has 0 unspecified atom stereocenters. The molecule has 1 amide bonds. The number of rotatable bonds is 5. The number of amides is 1. The molecule has 0 aliphatic rings. The Morgan fingerprint density at radius 3 is 2.88 bits per heavy atom.